The molecule has 2 unspecified atom stereocenters. The zero-order valence-electron chi connectivity index (χ0n) is 10.2. The van der Waals surface area contributed by atoms with Gasteiger partial charge in [0.05, 0.1) is 0 Å². The molecular weight excluding hydrogens is 214 g/mol. The molecule has 2 aliphatic rings. The molecule has 0 spiro atoms. The third kappa shape index (κ3) is 2.24. The monoisotopic (exact) mass is 235 g/mol. The lowest BCUT2D eigenvalue weighted by Crippen LogP contribution is -2.27. The van der Waals surface area contributed by atoms with E-state index in [1.54, 1.807) is 0 Å². The Morgan fingerprint density at radius 2 is 2.41 bits per heavy atom. The zero-order chi connectivity index (χ0) is 11.7. The minimum Gasteiger partial charge on any atom is -0.396 e. The van der Waals surface area contributed by atoms with E-state index in [9.17, 15) is 5.11 Å². The molecule has 1 aromatic rings. The topological polar surface area (TPSA) is 50.1 Å². The van der Waals surface area contributed by atoms with Crippen molar-refractivity contribution >= 4 is 0 Å². The summed E-state index contributed by atoms with van der Waals surface area (Å²) in [7, 11) is 0. The molecule has 1 saturated heterocycles. The second-order valence-corrected chi connectivity index (χ2v) is 5.36. The van der Waals surface area contributed by atoms with Gasteiger partial charge in [0.2, 0.25) is 0 Å². The SMILES string of the molecule is OCC1CCn2c(cnc2CC2CCCN2)C1. The summed E-state index contributed by atoms with van der Waals surface area (Å²) in [6.07, 6.45) is 7.72. The van der Waals surface area contributed by atoms with Gasteiger partial charge in [-0.3, -0.25) is 0 Å². The lowest BCUT2D eigenvalue weighted by molar-refractivity contribution is 0.200. The predicted molar refractivity (Wildman–Crippen MR) is 65.9 cm³/mol. The Morgan fingerprint density at radius 3 is 3.18 bits per heavy atom. The molecule has 2 N–H and O–H groups in total. The molecule has 17 heavy (non-hydrogen) atoms. The Bertz CT molecular complexity index is 382. The zero-order valence-corrected chi connectivity index (χ0v) is 10.2. The van der Waals surface area contributed by atoms with Gasteiger partial charge in [0, 0.05) is 37.5 Å². The molecule has 3 rings (SSSR count). The first-order valence-electron chi connectivity index (χ1n) is 6.74. The van der Waals surface area contributed by atoms with Crippen molar-refractivity contribution in [3.8, 4) is 0 Å². The maximum absolute atomic E-state index is 9.21. The van der Waals surface area contributed by atoms with Gasteiger partial charge >= 0.3 is 0 Å². The highest BCUT2D eigenvalue weighted by molar-refractivity contribution is 5.10. The van der Waals surface area contributed by atoms with Crippen molar-refractivity contribution in [2.24, 2.45) is 5.92 Å². The van der Waals surface area contributed by atoms with Crippen LogP contribution in [0.25, 0.3) is 0 Å². The Balaban J connectivity index is 1.72. The van der Waals surface area contributed by atoms with E-state index in [-0.39, 0.29) is 0 Å². The van der Waals surface area contributed by atoms with E-state index in [0.29, 0.717) is 18.6 Å². The number of hydrogen-bond donors (Lipinski definition) is 2. The first-order valence-corrected chi connectivity index (χ1v) is 6.74. The summed E-state index contributed by atoms with van der Waals surface area (Å²) in [5.41, 5.74) is 1.31. The maximum atomic E-state index is 9.21. The highest BCUT2D eigenvalue weighted by Crippen LogP contribution is 2.22. The smallest absolute Gasteiger partial charge is 0.110 e. The highest BCUT2D eigenvalue weighted by Gasteiger charge is 2.23. The van der Waals surface area contributed by atoms with Gasteiger partial charge in [-0.1, -0.05) is 0 Å². The molecule has 3 heterocycles. The molecule has 4 heteroatoms. The summed E-state index contributed by atoms with van der Waals surface area (Å²) >= 11 is 0. The lowest BCUT2D eigenvalue weighted by atomic mass is 9.97. The van der Waals surface area contributed by atoms with Crippen LogP contribution in [-0.2, 0) is 19.4 Å². The van der Waals surface area contributed by atoms with E-state index < -0.39 is 0 Å². The van der Waals surface area contributed by atoms with Gasteiger partial charge in [0.15, 0.2) is 0 Å². The predicted octanol–water partition coefficient (Wildman–Crippen LogP) is 0.732. The average Bonchev–Trinajstić information content (AvgIpc) is 2.99. The number of aliphatic hydroxyl groups excluding tert-OH is 1. The van der Waals surface area contributed by atoms with Crippen LogP contribution in [0.1, 0.15) is 30.8 Å². The molecule has 0 bridgehead atoms. The van der Waals surface area contributed by atoms with Crippen LogP contribution in [0.5, 0.6) is 0 Å². The van der Waals surface area contributed by atoms with E-state index in [1.165, 1.54) is 24.4 Å². The van der Waals surface area contributed by atoms with Crippen molar-refractivity contribution in [2.45, 2.75) is 44.7 Å². The van der Waals surface area contributed by atoms with Crippen molar-refractivity contribution in [1.29, 1.82) is 0 Å². The van der Waals surface area contributed by atoms with Crippen molar-refractivity contribution in [3.63, 3.8) is 0 Å². The van der Waals surface area contributed by atoms with Crippen LogP contribution < -0.4 is 5.32 Å². The molecular formula is C13H21N3O. The van der Waals surface area contributed by atoms with Gasteiger partial charge in [0.25, 0.3) is 0 Å². The molecule has 1 aromatic heterocycles. The fourth-order valence-corrected chi connectivity index (χ4v) is 3.07. The van der Waals surface area contributed by atoms with Crippen molar-refractivity contribution in [1.82, 2.24) is 14.9 Å². The molecule has 0 radical (unpaired) electrons. The number of hydrogen-bond acceptors (Lipinski definition) is 3. The fourth-order valence-electron chi connectivity index (χ4n) is 3.07. The quantitative estimate of drug-likeness (QED) is 0.812. The number of fused-ring (bicyclic) bond motifs is 1. The second-order valence-electron chi connectivity index (χ2n) is 5.36. The van der Waals surface area contributed by atoms with Crippen LogP contribution in [0, 0.1) is 5.92 Å². The van der Waals surface area contributed by atoms with Crippen molar-refractivity contribution in [3.05, 3.63) is 17.7 Å². The molecule has 4 nitrogen and oxygen atoms in total. The largest absolute Gasteiger partial charge is 0.396 e. The maximum Gasteiger partial charge on any atom is 0.110 e. The van der Waals surface area contributed by atoms with Crippen molar-refractivity contribution < 1.29 is 5.11 Å². The summed E-state index contributed by atoms with van der Waals surface area (Å²) in [5.74, 6) is 1.67. The molecule has 2 atom stereocenters. The van der Waals surface area contributed by atoms with Gasteiger partial charge < -0.3 is 15.0 Å². The van der Waals surface area contributed by atoms with Crippen molar-refractivity contribution in [2.75, 3.05) is 13.2 Å². The van der Waals surface area contributed by atoms with E-state index in [1.807, 2.05) is 6.20 Å². The van der Waals surface area contributed by atoms with E-state index in [4.69, 9.17) is 0 Å². The summed E-state index contributed by atoms with van der Waals surface area (Å²) in [6.45, 7) is 2.50. The van der Waals surface area contributed by atoms with E-state index >= 15 is 0 Å². The molecule has 0 saturated carbocycles. The number of nitrogens with one attached hydrogen (secondary N) is 1. The second kappa shape index (κ2) is 4.78. The van der Waals surface area contributed by atoms with Gasteiger partial charge in [-0.2, -0.15) is 0 Å². The van der Waals surface area contributed by atoms with Crippen LogP contribution in [0.15, 0.2) is 6.20 Å². The molecule has 1 fully saturated rings. The minimum absolute atomic E-state index is 0.310. The lowest BCUT2D eigenvalue weighted by Gasteiger charge is -2.23. The average molecular weight is 235 g/mol. The Labute approximate surface area is 102 Å². The van der Waals surface area contributed by atoms with E-state index in [2.05, 4.69) is 14.9 Å². The number of nitrogens with zero attached hydrogens (tertiary/aromatic N) is 2. The first-order chi connectivity index (χ1) is 8.36. The Kier molecular flexibility index (Phi) is 3.16. The third-order valence-corrected chi connectivity index (χ3v) is 4.13. The first kappa shape index (κ1) is 11.2. The van der Waals surface area contributed by atoms with Gasteiger partial charge in [-0.05, 0) is 38.1 Å². The Morgan fingerprint density at radius 1 is 1.47 bits per heavy atom. The van der Waals surface area contributed by atoms with Gasteiger partial charge in [-0.25, -0.2) is 4.98 Å². The standard InChI is InChI=1S/C13H21N3O/c17-9-10-3-5-16-12(6-10)8-15-13(16)7-11-2-1-4-14-11/h8,10-11,14,17H,1-7,9H2. The molecule has 0 amide bonds. The summed E-state index contributed by atoms with van der Waals surface area (Å²) in [4.78, 5) is 4.57. The third-order valence-electron chi connectivity index (χ3n) is 4.13. The minimum atomic E-state index is 0.310. The number of aliphatic hydroxyl groups is 1. The van der Waals surface area contributed by atoms with Gasteiger partial charge in [-0.15, -0.1) is 0 Å². The molecule has 94 valence electrons. The highest BCUT2D eigenvalue weighted by atomic mass is 16.3. The number of imidazole rings is 1. The van der Waals surface area contributed by atoms with Crippen LogP contribution in [0.3, 0.4) is 0 Å². The van der Waals surface area contributed by atoms with Crippen LogP contribution >= 0.6 is 0 Å². The number of rotatable bonds is 3. The van der Waals surface area contributed by atoms with Crippen LogP contribution in [0.4, 0.5) is 0 Å². The molecule has 0 aliphatic carbocycles. The van der Waals surface area contributed by atoms with Crippen LogP contribution in [-0.4, -0.2) is 33.9 Å². The van der Waals surface area contributed by atoms with Gasteiger partial charge in [0.1, 0.15) is 5.82 Å². The van der Waals surface area contributed by atoms with E-state index in [0.717, 1.165) is 32.4 Å². The normalized spacial score (nSPS) is 28.3. The summed E-state index contributed by atoms with van der Waals surface area (Å²) < 4.78 is 2.37. The molecule has 2 aliphatic heterocycles. The fraction of sp³-hybridized carbons (Fsp3) is 0.769. The molecule has 0 aromatic carbocycles. The summed E-state index contributed by atoms with van der Waals surface area (Å²) in [5, 5.41) is 12.7. The number of aromatic nitrogens is 2. The summed E-state index contributed by atoms with van der Waals surface area (Å²) in [6, 6.07) is 0.622. The van der Waals surface area contributed by atoms with Crippen LogP contribution in [0.2, 0.25) is 0 Å². The Hall–Kier alpha value is -0.870.